The third kappa shape index (κ3) is 10.5. The molecule has 0 saturated carbocycles. The number of nitrogens with one attached hydrogen (secondary N) is 3. The van der Waals surface area contributed by atoms with Crippen LogP contribution in [0.2, 0.25) is 6.82 Å². The normalized spacial score (nSPS) is 12.6. The Hall–Kier alpha value is -3.12. The fraction of sp³-hybridized carbons (Fsp3) is 0.500. The van der Waals surface area contributed by atoms with Gasteiger partial charge in [-0.05, 0) is 57.1 Å². The maximum Gasteiger partial charge on any atom is 0.262 e. The molecule has 2 amide bonds. The molecule has 3 aromatic heterocycles. The standard InChI is InChI=1S/C17H17BN5O2S.C11H23F2N/c1-11-4-3-5-13(20-11)14-10-26-17(21-14)22-15(24)8-19-16(25)12-6-7-23(9-12)18-2;1-5-9(3)7-8-10(14-4)11(12,13)6-2/h3-7,9-10H,8H2,1-2H3,(H,19,25)(H,21,22,24);9-10,14H,5-8H2,1-4H3. The minimum atomic E-state index is -2.57. The van der Waals surface area contributed by atoms with Gasteiger partial charge in [0.05, 0.1) is 23.8 Å². The van der Waals surface area contributed by atoms with Crippen LogP contribution in [0.25, 0.3) is 11.4 Å². The Balaban J connectivity index is 0.000000342. The van der Waals surface area contributed by atoms with E-state index in [9.17, 15) is 18.4 Å². The molecule has 0 saturated heterocycles. The van der Waals surface area contributed by atoms with Gasteiger partial charge in [0.2, 0.25) is 13.3 Å². The Morgan fingerprint density at radius 3 is 2.50 bits per heavy atom. The Kier molecular flexibility index (Phi) is 13.4. The first-order chi connectivity index (χ1) is 19.0. The summed E-state index contributed by atoms with van der Waals surface area (Å²) >= 11 is 1.31. The second-order valence-electron chi connectivity index (χ2n) is 9.59. The molecular formula is C28H40BF2N6O2S. The van der Waals surface area contributed by atoms with E-state index < -0.39 is 12.0 Å². The van der Waals surface area contributed by atoms with Crippen LogP contribution < -0.4 is 16.0 Å². The van der Waals surface area contributed by atoms with Gasteiger partial charge in [0.25, 0.3) is 11.8 Å². The maximum absolute atomic E-state index is 13.3. The predicted molar refractivity (Wildman–Crippen MR) is 159 cm³/mol. The van der Waals surface area contributed by atoms with Crippen LogP contribution in [0.4, 0.5) is 13.9 Å². The van der Waals surface area contributed by atoms with E-state index in [2.05, 4.69) is 39.8 Å². The number of anilines is 1. The Morgan fingerprint density at radius 1 is 1.15 bits per heavy atom. The molecule has 217 valence electrons. The summed E-state index contributed by atoms with van der Waals surface area (Å²) in [6.07, 6.45) is 5.87. The molecule has 12 heteroatoms. The van der Waals surface area contributed by atoms with Crippen molar-refractivity contribution in [3.63, 3.8) is 0 Å². The van der Waals surface area contributed by atoms with Gasteiger partial charge in [0.15, 0.2) is 5.13 Å². The molecule has 0 aromatic carbocycles. The van der Waals surface area contributed by atoms with Gasteiger partial charge in [0, 0.05) is 23.7 Å². The van der Waals surface area contributed by atoms with Crippen molar-refractivity contribution in [2.45, 2.75) is 72.2 Å². The fourth-order valence-electron chi connectivity index (χ4n) is 3.74. The zero-order valence-corrected chi connectivity index (χ0v) is 24.9. The number of rotatable bonds is 13. The topological polar surface area (TPSA) is 101 Å². The van der Waals surface area contributed by atoms with Gasteiger partial charge in [-0.15, -0.1) is 11.3 Å². The summed E-state index contributed by atoms with van der Waals surface area (Å²) in [5.74, 6) is -2.66. The van der Waals surface area contributed by atoms with Crippen molar-refractivity contribution in [3.8, 4) is 11.4 Å². The van der Waals surface area contributed by atoms with Crippen molar-refractivity contribution in [2.24, 2.45) is 5.92 Å². The molecule has 3 N–H and O–H groups in total. The van der Waals surface area contributed by atoms with Crippen LogP contribution in [0.3, 0.4) is 0 Å². The summed E-state index contributed by atoms with van der Waals surface area (Å²) in [5, 5.41) is 10.3. The summed E-state index contributed by atoms with van der Waals surface area (Å²) in [6.45, 7) is 9.39. The molecular weight excluding hydrogens is 533 g/mol. The van der Waals surface area contributed by atoms with Crippen LogP contribution in [-0.2, 0) is 4.79 Å². The van der Waals surface area contributed by atoms with E-state index >= 15 is 0 Å². The zero-order chi connectivity index (χ0) is 29.7. The molecule has 3 heterocycles. The quantitative estimate of drug-likeness (QED) is 0.230. The lowest BCUT2D eigenvalue weighted by atomic mass is 9.95. The first-order valence-corrected chi connectivity index (χ1v) is 14.4. The molecule has 0 spiro atoms. The smallest absolute Gasteiger partial charge is 0.262 e. The number of nitrogens with zero attached hydrogens (tertiary/aromatic N) is 3. The zero-order valence-electron chi connectivity index (χ0n) is 24.1. The Labute approximate surface area is 240 Å². The lowest BCUT2D eigenvalue weighted by Gasteiger charge is -2.26. The van der Waals surface area contributed by atoms with Crippen LogP contribution in [0, 0.1) is 12.8 Å². The van der Waals surface area contributed by atoms with E-state index in [-0.39, 0.29) is 24.8 Å². The number of carbonyl (C=O) groups excluding carboxylic acids is 2. The van der Waals surface area contributed by atoms with Crippen molar-refractivity contribution in [2.75, 3.05) is 18.9 Å². The average molecular weight is 574 g/mol. The largest absolute Gasteiger partial charge is 0.402 e. The predicted octanol–water partition coefficient (Wildman–Crippen LogP) is 5.64. The molecule has 3 aromatic rings. The van der Waals surface area contributed by atoms with Gasteiger partial charge in [-0.2, -0.15) is 0 Å². The molecule has 0 fully saturated rings. The molecule has 0 bridgehead atoms. The van der Waals surface area contributed by atoms with Gasteiger partial charge >= 0.3 is 0 Å². The van der Waals surface area contributed by atoms with Gasteiger partial charge in [0.1, 0.15) is 5.69 Å². The summed E-state index contributed by atoms with van der Waals surface area (Å²) in [4.78, 5) is 32.8. The summed E-state index contributed by atoms with van der Waals surface area (Å²) in [6, 6.07) is 6.71. The van der Waals surface area contributed by atoms with E-state index in [1.54, 1.807) is 30.0 Å². The number of hydrogen-bond donors (Lipinski definition) is 3. The molecule has 0 aliphatic heterocycles. The highest BCUT2D eigenvalue weighted by Gasteiger charge is 2.36. The van der Waals surface area contributed by atoms with E-state index in [1.165, 1.54) is 18.3 Å². The third-order valence-electron chi connectivity index (χ3n) is 6.56. The minimum Gasteiger partial charge on any atom is -0.402 e. The molecule has 2 atom stereocenters. The van der Waals surface area contributed by atoms with Crippen LogP contribution >= 0.6 is 11.3 Å². The Morgan fingerprint density at radius 2 is 1.90 bits per heavy atom. The highest BCUT2D eigenvalue weighted by Crippen LogP contribution is 2.27. The van der Waals surface area contributed by atoms with E-state index in [0.717, 1.165) is 24.2 Å². The minimum absolute atomic E-state index is 0.0843. The second kappa shape index (κ2) is 16.2. The number of aryl methyl sites for hydroxylation is 1. The molecule has 0 aliphatic rings. The molecule has 0 aliphatic carbocycles. The Bertz CT molecular complexity index is 1220. The SMILES string of the molecule is CCC(C)CCC(NC)C(F)(F)CC.C[B]n1ccc(C(=O)NCC(=O)Nc2nc(-c3cccc(C)n3)cs2)c1. The second-order valence-corrected chi connectivity index (χ2v) is 10.4. The highest BCUT2D eigenvalue weighted by atomic mass is 32.1. The van der Waals surface area contributed by atoms with Gasteiger partial charge in [-0.1, -0.05) is 40.1 Å². The van der Waals surface area contributed by atoms with E-state index in [4.69, 9.17) is 0 Å². The molecule has 40 heavy (non-hydrogen) atoms. The number of amides is 2. The fourth-order valence-corrected chi connectivity index (χ4v) is 4.46. The van der Waals surface area contributed by atoms with Crippen molar-refractivity contribution >= 4 is 35.7 Å². The molecule has 3 rings (SSSR count). The first-order valence-electron chi connectivity index (χ1n) is 13.5. The van der Waals surface area contributed by atoms with Crippen molar-refractivity contribution in [1.82, 2.24) is 25.1 Å². The molecule has 2 unspecified atom stereocenters. The number of alkyl halides is 2. The van der Waals surface area contributed by atoms with Crippen molar-refractivity contribution < 1.29 is 18.4 Å². The van der Waals surface area contributed by atoms with Crippen molar-refractivity contribution in [1.29, 1.82) is 0 Å². The maximum atomic E-state index is 13.3. The lowest BCUT2D eigenvalue weighted by Crippen LogP contribution is -2.42. The third-order valence-corrected chi connectivity index (χ3v) is 7.32. The van der Waals surface area contributed by atoms with E-state index in [0.29, 0.717) is 28.7 Å². The summed E-state index contributed by atoms with van der Waals surface area (Å²) in [7, 11) is 3.44. The van der Waals surface area contributed by atoms with Gasteiger partial charge < -0.3 is 20.4 Å². The number of thiazole rings is 1. The molecule has 8 nitrogen and oxygen atoms in total. The van der Waals surface area contributed by atoms with E-state index in [1.807, 2.05) is 44.7 Å². The molecule has 1 radical (unpaired) electrons. The number of halogens is 2. The summed E-state index contributed by atoms with van der Waals surface area (Å²) < 4.78 is 28.4. The number of pyridine rings is 1. The van der Waals surface area contributed by atoms with Crippen LogP contribution in [-0.4, -0.2) is 59.2 Å². The lowest BCUT2D eigenvalue weighted by molar-refractivity contribution is -0.115. The van der Waals surface area contributed by atoms with Gasteiger partial charge in [-0.3, -0.25) is 14.6 Å². The first kappa shape index (κ1) is 33.1. The van der Waals surface area contributed by atoms with Gasteiger partial charge in [-0.25, -0.2) is 13.8 Å². The average Bonchev–Trinajstić information content (AvgIpc) is 3.62. The monoisotopic (exact) mass is 573 g/mol. The summed E-state index contributed by atoms with van der Waals surface area (Å²) in [5.41, 5.74) is 2.86. The number of hydrogen-bond acceptors (Lipinski definition) is 6. The number of aromatic nitrogens is 3. The van der Waals surface area contributed by atoms with Crippen molar-refractivity contribution in [3.05, 3.63) is 53.3 Å². The number of carbonyl (C=O) groups is 2. The van der Waals surface area contributed by atoms with Crippen LogP contribution in [0.1, 0.15) is 62.5 Å². The highest BCUT2D eigenvalue weighted by molar-refractivity contribution is 7.14. The van der Waals surface area contributed by atoms with Crippen LogP contribution in [0.5, 0.6) is 0 Å². The van der Waals surface area contributed by atoms with Crippen LogP contribution in [0.15, 0.2) is 42.0 Å².